The Hall–Kier alpha value is -2.11. The number of phenolic OH excluding ortho intramolecular Hbond substituents is 1. The molecule has 0 saturated heterocycles. The van der Waals surface area contributed by atoms with Gasteiger partial charge in [0.1, 0.15) is 12.4 Å². The van der Waals surface area contributed by atoms with Gasteiger partial charge in [0.05, 0.1) is 22.3 Å². The molecule has 0 fully saturated rings. The van der Waals surface area contributed by atoms with Crippen molar-refractivity contribution in [2.75, 3.05) is 23.8 Å². The number of phenols is 1. The van der Waals surface area contributed by atoms with Crippen LogP contribution in [0.25, 0.3) is 0 Å². The lowest BCUT2D eigenvalue weighted by Gasteiger charge is -2.29. The van der Waals surface area contributed by atoms with Crippen molar-refractivity contribution < 1.29 is 14.6 Å². The fourth-order valence-corrected chi connectivity index (χ4v) is 2.78. The second-order valence-electron chi connectivity index (χ2n) is 4.82. The van der Waals surface area contributed by atoms with E-state index in [0.29, 0.717) is 30.3 Å². The van der Waals surface area contributed by atoms with Crippen molar-refractivity contribution in [1.82, 2.24) is 0 Å². The maximum atomic E-state index is 12.7. The summed E-state index contributed by atoms with van der Waals surface area (Å²) in [6.07, 6.45) is 0. The third-order valence-corrected chi connectivity index (χ3v) is 3.93. The van der Waals surface area contributed by atoms with Gasteiger partial charge in [-0.1, -0.05) is 23.2 Å². The average Bonchev–Trinajstić information content (AvgIpc) is 2.50. The van der Waals surface area contributed by atoms with Crippen molar-refractivity contribution in [3.8, 4) is 11.5 Å². The van der Waals surface area contributed by atoms with E-state index < -0.39 is 0 Å². The summed E-state index contributed by atoms with van der Waals surface area (Å²) in [7, 11) is 0. The Labute approximate surface area is 136 Å². The lowest BCUT2D eigenvalue weighted by atomic mass is 10.1. The van der Waals surface area contributed by atoms with E-state index in [0.717, 1.165) is 0 Å². The van der Waals surface area contributed by atoms with Crippen LogP contribution in [0.5, 0.6) is 11.5 Å². The zero-order valence-corrected chi connectivity index (χ0v) is 12.9. The van der Waals surface area contributed by atoms with E-state index in [9.17, 15) is 9.90 Å². The summed E-state index contributed by atoms with van der Waals surface area (Å²) in [6, 6.07) is 7.87. The van der Waals surface area contributed by atoms with Gasteiger partial charge < -0.3 is 20.5 Å². The quantitative estimate of drug-likeness (QED) is 0.782. The van der Waals surface area contributed by atoms with Crippen LogP contribution in [0.15, 0.2) is 30.3 Å². The SMILES string of the molecule is Nc1ccc2c(c1)OCCN2C(=O)c1cc(Cl)c(O)c(Cl)c1. The molecule has 3 rings (SSSR count). The Morgan fingerprint density at radius 1 is 1.23 bits per heavy atom. The molecule has 0 atom stereocenters. The van der Waals surface area contributed by atoms with Crippen molar-refractivity contribution in [2.24, 2.45) is 0 Å². The fraction of sp³-hybridized carbons (Fsp3) is 0.133. The first-order chi connectivity index (χ1) is 10.5. The number of carbonyl (C=O) groups is 1. The number of hydrogen-bond acceptors (Lipinski definition) is 4. The number of nitrogens with two attached hydrogens (primary N) is 1. The maximum Gasteiger partial charge on any atom is 0.258 e. The van der Waals surface area contributed by atoms with Gasteiger partial charge in [-0.2, -0.15) is 0 Å². The highest BCUT2D eigenvalue weighted by Gasteiger charge is 2.25. The van der Waals surface area contributed by atoms with Crippen molar-refractivity contribution in [3.05, 3.63) is 45.9 Å². The van der Waals surface area contributed by atoms with E-state index in [1.54, 1.807) is 23.1 Å². The van der Waals surface area contributed by atoms with Crippen molar-refractivity contribution in [3.63, 3.8) is 0 Å². The molecule has 0 radical (unpaired) electrons. The van der Waals surface area contributed by atoms with Crippen LogP contribution < -0.4 is 15.4 Å². The molecule has 7 heteroatoms. The van der Waals surface area contributed by atoms with E-state index in [2.05, 4.69) is 0 Å². The van der Waals surface area contributed by atoms with E-state index in [1.807, 2.05) is 0 Å². The average molecular weight is 339 g/mol. The molecule has 2 aromatic carbocycles. The van der Waals surface area contributed by atoms with Gasteiger partial charge >= 0.3 is 0 Å². The van der Waals surface area contributed by atoms with E-state index >= 15 is 0 Å². The van der Waals surface area contributed by atoms with Gasteiger partial charge in [0, 0.05) is 17.3 Å². The molecule has 5 nitrogen and oxygen atoms in total. The number of rotatable bonds is 1. The second-order valence-corrected chi connectivity index (χ2v) is 5.64. The maximum absolute atomic E-state index is 12.7. The zero-order chi connectivity index (χ0) is 15.9. The summed E-state index contributed by atoms with van der Waals surface area (Å²) in [5.74, 6) is 0.0312. The Morgan fingerprint density at radius 2 is 1.91 bits per heavy atom. The van der Waals surface area contributed by atoms with Gasteiger partial charge in [0.2, 0.25) is 0 Å². The van der Waals surface area contributed by atoms with Crippen LogP contribution in [0.3, 0.4) is 0 Å². The largest absolute Gasteiger partial charge is 0.505 e. The molecule has 0 unspecified atom stereocenters. The molecule has 1 aliphatic rings. The second kappa shape index (κ2) is 5.59. The number of carbonyl (C=O) groups excluding carboxylic acids is 1. The predicted octanol–water partition coefficient (Wildman–Crippen LogP) is 3.32. The van der Waals surface area contributed by atoms with E-state index in [1.165, 1.54) is 12.1 Å². The molecule has 114 valence electrons. The van der Waals surface area contributed by atoms with Gasteiger partial charge in [-0.3, -0.25) is 4.79 Å². The minimum atomic E-state index is -0.280. The number of aromatic hydroxyl groups is 1. The molecule has 0 saturated carbocycles. The smallest absolute Gasteiger partial charge is 0.258 e. The summed E-state index contributed by atoms with van der Waals surface area (Å²) >= 11 is 11.8. The molecule has 3 N–H and O–H groups in total. The molecule has 0 aromatic heterocycles. The predicted molar refractivity (Wildman–Crippen MR) is 86.2 cm³/mol. The first-order valence-electron chi connectivity index (χ1n) is 6.49. The highest BCUT2D eigenvalue weighted by Crippen LogP contribution is 2.36. The van der Waals surface area contributed by atoms with E-state index in [-0.39, 0.29) is 27.3 Å². The summed E-state index contributed by atoms with van der Waals surface area (Å²) in [4.78, 5) is 14.3. The number of halogens is 2. The summed E-state index contributed by atoms with van der Waals surface area (Å²) in [5, 5.41) is 9.65. The topological polar surface area (TPSA) is 75.8 Å². The Bertz CT molecular complexity index is 741. The number of nitrogen functional groups attached to an aromatic ring is 1. The lowest BCUT2D eigenvalue weighted by molar-refractivity contribution is 0.0976. The molecule has 1 aliphatic heterocycles. The molecule has 2 aromatic rings. The highest BCUT2D eigenvalue weighted by molar-refractivity contribution is 6.37. The molecule has 0 bridgehead atoms. The van der Waals surface area contributed by atoms with Gasteiger partial charge in [0.15, 0.2) is 5.75 Å². The standard InChI is InChI=1S/C15H12Cl2N2O3/c16-10-5-8(6-11(17)14(10)20)15(21)19-3-4-22-13-7-9(18)1-2-12(13)19/h1-2,5-7,20H,3-4,18H2. The number of hydrogen-bond donors (Lipinski definition) is 2. The van der Waals surface area contributed by atoms with Gasteiger partial charge in [-0.15, -0.1) is 0 Å². The molecule has 1 heterocycles. The van der Waals surface area contributed by atoms with E-state index in [4.69, 9.17) is 33.7 Å². The number of fused-ring (bicyclic) bond motifs is 1. The van der Waals surface area contributed by atoms with Crippen molar-refractivity contribution in [1.29, 1.82) is 0 Å². The molecule has 0 spiro atoms. The molecule has 1 amide bonds. The van der Waals surface area contributed by atoms with Crippen LogP contribution in [0.4, 0.5) is 11.4 Å². The van der Waals surface area contributed by atoms with Crippen LogP contribution in [-0.4, -0.2) is 24.2 Å². The molecular weight excluding hydrogens is 327 g/mol. The van der Waals surface area contributed by atoms with Crippen molar-refractivity contribution in [2.45, 2.75) is 0 Å². The van der Waals surface area contributed by atoms with Crippen LogP contribution >= 0.6 is 23.2 Å². The molecule has 0 aliphatic carbocycles. The zero-order valence-electron chi connectivity index (χ0n) is 11.3. The lowest BCUT2D eigenvalue weighted by Crippen LogP contribution is -2.38. The minimum absolute atomic E-state index is 0.0293. The number of anilines is 2. The minimum Gasteiger partial charge on any atom is -0.505 e. The van der Waals surface area contributed by atoms with Crippen molar-refractivity contribution >= 4 is 40.5 Å². The number of benzene rings is 2. The van der Waals surface area contributed by atoms with Crippen LogP contribution in [0.2, 0.25) is 10.0 Å². The Kier molecular flexibility index (Phi) is 3.76. The number of ether oxygens (including phenoxy) is 1. The van der Waals surface area contributed by atoms with Crippen LogP contribution in [0, 0.1) is 0 Å². The van der Waals surface area contributed by atoms with Crippen LogP contribution in [0.1, 0.15) is 10.4 Å². The fourth-order valence-electron chi connectivity index (χ4n) is 2.29. The number of amides is 1. The number of nitrogens with zero attached hydrogens (tertiary/aromatic N) is 1. The third kappa shape index (κ3) is 2.53. The first kappa shape index (κ1) is 14.8. The first-order valence-corrected chi connectivity index (χ1v) is 7.25. The summed E-state index contributed by atoms with van der Waals surface area (Å²) in [5.41, 5.74) is 7.20. The molecule has 22 heavy (non-hydrogen) atoms. The normalized spacial score (nSPS) is 13.5. The Morgan fingerprint density at radius 3 is 2.59 bits per heavy atom. The van der Waals surface area contributed by atoms with Gasteiger partial charge in [0.25, 0.3) is 5.91 Å². The van der Waals surface area contributed by atoms with Gasteiger partial charge in [-0.25, -0.2) is 0 Å². The highest BCUT2D eigenvalue weighted by atomic mass is 35.5. The third-order valence-electron chi connectivity index (χ3n) is 3.36. The summed E-state index contributed by atoms with van der Waals surface area (Å²) in [6.45, 7) is 0.758. The monoisotopic (exact) mass is 338 g/mol. The summed E-state index contributed by atoms with van der Waals surface area (Å²) < 4.78 is 5.52. The van der Waals surface area contributed by atoms with Crippen LogP contribution in [-0.2, 0) is 0 Å². The van der Waals surface area contributed by atoms with Gasteiger partial charge in [-0.05, 0) is 24.3 Å². The molecular formula is C15H12Cl2N2O3. The Balaban J connectivity index is 2.01.